The van der Waals surface area contributed by atoms with E-state index in [1.807, 2.05) is 36.1 Å². The number of hydrogen-bond donors (Lipinski definition) is 0. The minimum absolute atomic E-state index is 0.0702. The van der Waals surface area contributed by atoms with Gasteiger partial charge in [0.05, 0.1) is 24.7 Å². The van der Waals surface area contributed by atoms with Crippen LogP contribution in [0.2, 0.25) is 0 Å². The van der Waals surface area contributed by atoms with Crippen molar-refractivity contribution in [3.8, 4) is 0 Å². The van der Waals surface area contributed by atoms with Crippen LogP contribution in [0.15, 0.2) is 28.8 Å². The van der Waals surface area contributed by atoms with Crippen LogP contribution in [-0.4, -0.2) is 60.3 Å². The van der Waals surface area contributed by atoms with E-state index in [0.717, 1.165) is 30.8 Å². The number of ether oxygens (including phenoxy) is 1. The molecule has 132 valence electrons. The lowest BCUT2D eigenvalue weighted by atomic mass is 10.1. The predicted octanol–water partition coefficient (Wildman–Crippen LogP) is 1.84. The molecule has 0 N–H and O–H groups in total. The summed E-state index contributed by atoms with van der Waals surface area (Å²) in [5, 5.41) is 3.86. The number of aromatic nitrogens is 2. The van der Waals surface area contributed by atoms with Gasteiger partial charge in [-0.25, -0.2) is 0 Å². The second-order valence-corrected chi connectivity index (χ2v) is 6.53. The molecule has 0 aliphatic carbocycles. The molecule has 0 bridgehead atoms. The molecule has 7 nitrogen and oxygen atoms in total. The molecule has 4 rings (SSSR count). The van der Waals surface area contributed by atoms with Crippen LogP contribution < -0.4 is 4.90 Å². The van der Waals surface area contributed by atoms with Gasteiger partial charge in [0.25, 0.3) is 5.91 Å². The maximum atomic E-state index is 13.1. The van der Waals surface area contributed by atoms with Gasteiger partial charge >= 0.3 is 0 Å². The SMILES string of the molecule is Cc1noc([C@H]2CCN(C(=O)c3ccccc3N3CCOCC3)C2)n1. The molecular weight excluding hydrogens is 320 g/mol. The molecule has 3 heterocycles. The zero-order chi connectivity index (χ0) is 17.2. The van der Waals surface area contributed by atoms with Crippen LogP contribution in [0.5, 0.6) is 0 Å². The first-order valence-corrected chi connectivity index (χ1v) is 8.73. The zero-order valence-corrected chi connectivity index (χ0v) is 14.4. The van der Waals surface area contributed by atoms with Crippen molar-refractivity contribution in [2.24, 2.45) is 0 Å². The van der Waals surface area contributed by atoms with Crippen LogP contribution in [0.4, 0.5) is 5.69 Å². The molecule has 2 aliphatic heterocycles. The fraction of sp³-hybridized carbons (Fsp3) is 0.500. The first-order valence-electron chi connectivity index (χ1n) is 8.73. The van der Waals surface area contributed by atoms with Crippen LogP contribution in [0.1, 0.15) is 34.4 Å². The number of amides is 1. The predicted molar refractivity (Wildman–Crippen MR) is 91.8 cm³/mol. The highest BCUT2D eigenvalue weighted by Gasteiger charge is 2.32. The summed E-state index contributed by atoms with van der Waals surface area (Å²) < 4.78 is 10.7. The molecule has 0 saturated carbocycles. The monoisotopic (exact) mass is 342 g/mol. The third-order valence-corrected chi connectivity index (χ3v) is 4.85. The number of benzene rings is 1. The number of hydrogen-bond acceptors (Lipinski definition) is 6. The molecule has 1 amide bonds. The van der Waals surface area contributed by atoms with E-state index in [0.29, 0.717) is 38.0 Å². The number of para-hydroxylation sites is 1. The Kier molecular flexibility index (Phi) is 4.40. The molecule has 1 aromatic carbocycles. The van der Waals surface area contributed by atoms with E-state index in [1.54, 1.807) is 0 Å². The van der Waals surface area contributed by atoms with Crippen molar-refractivity contribution >= 4 is 11.6 Å². The lowest BCUT2D eigenvalue weighted by molar-refractivity contribution is 0.0789. The van der Waals surface area contributed by atoms with Crippen molar-refractivity contribution in [2.45, 2.75) is 19.3 Å². The zero-order valence-electron chi connectivity index (χ0n) is 14.4. The van der Waals surface area contributed by atoms with E-state index >= 15 is 0 Å². The van der Waals surface area contributed by atoms with Gasteiger partial charge in [-0.3, -0.25) is 4.79 Å². The largest absolute Gasteiger partial charge is 0.378 e. The van der Waals surface area contributed by atoms with Crippen LogP contribution in [-0.2, 0) is 4.74 Å². The van der Waals surface area contributed by atoms with Gasteiger partial charge in [-0.15, -0.1) is 0 Å². The first-order chi connectivity index (χ1) is 12.2. The number of morpholine rings is 1. The summed E-state index contributed by atoms with van der Waals surface area (Å²) in [7, 11) is 0. The number of carbonyl (C=O) groups is 1. The minimum atomic E-state index is 0.0702. The van der Waals surface area contributed by atoms with E-state index < -0.39 is 0 Å². The van der Waals surface area contributed by atoms with Gasteiger partial charge in [-0.2, -0.15) is 4.98 Å². The summed E-state index contributed by atoms with van der Waals surface area (Å²) in [6.07, 6.45) is 0.854. The standard InChI is InChI=1S/C18H22N4O3/c1-13-19-17(25-20-13)14-6-7-22(12-14)18(23)15-4-2-3-5-16(15)21-8-10-24-11-9-21/h2-5,14H,6-12H2,1H3/t14-/m0/s1. The Morgan fingerprint density at radius 2 is 2.00 bits per heavy atom. The number of rotatable bonds is 3. The molecule has 0 spiro atoms. The van der Waals surface area contributed by atoms with Crippen molar-refractivity contribution in [3.05, 3.63) is 41.5 Å². The summed E-state index contributed by atoms with van der Waals surface area (Å²) in [6.45, 7) is 6.17. The van der Waals surface area contributed by atoms with E-state index in [9.17, 15) is 4.79 Å². The number of nitrogens with zero attached hydrogens (tertiary/aromatic N) is 4. The van der Waals surface area contributed by atoms with E-state index in [1.165, 1.54) is 0 Å². The van der Waals surface area contributed by atoms with Gasteiger partial charge in [0.15, 0.2) is 5.82 Å². The average molecular weight is 342 g/mol. The Morgan fingerprint density at radius 3 is 2.76 bits per heavy atom. The van der Waals surface area contributed by atoms with Crippen molar-refractivity contribution in [1.29, 1.82) is 0 Å². The van der Waals surface area contributed by atoms with Crippen molar-refractivity contribution in [1.82, 2.24) is 15.0 Å². The second kappa shape index (κ2) is 6.84. The van der Waals surface area contributed by atoms with Crippen LogP contribution in [0.3, 0.4) is 0 Å². The molecule has 2 saturated heterocycles. The molecule has 1 atom stereocenters. The molecular formula is C18H22N4O3. The van der Waals surface area contributed by atoms with Crippen molar-refractivity contribution < 1.29 is 14.1 Å². The lowest BCUT2D eigenvalue weighted by Crippen LogP contribution is -2.38. The van der Waals surface area contributed by atoms with Gasteiger partial charge in [-0.1, -0.05) is 17.3 Å². The highest BCUT2D eigenvalue weighted by Crippen LogP contribution is 2.29. The third kappa shape index (κ3) is 3.24. The van der Waals surface area contributed by atoms with E-state index in [-0.39, 0.29) is 11.8 Å². The Balaban J connectivity index is 1.51. The molecule has 1 aromatic heterocycles. The van der Waals surface area contributed by atoms with Gasteiger partial charge in [0.1, 0.15) is 0 Å². The maximum absolute atomic E-state index is 13.1. The summed E-state index contributed by atoms with van der Waals surface area (Å²) in [5.74, 6) is 1.47. The maximum Gasteiger partial charge on any atom is 0.255 e. The Bertz CT molecular complexity index is 754. The molecule has 2 aliphatic rings. The fourth-order valence-electron chi connectivity index (χ4n) is 3.53. The van der Waals surface area contributed by atoms with E-state index in [4.69, 9.17) is 9.26 Å². The van der Waals surface area contributed by atoms with Gasteiger partial charge in [0.2, 0.25) is 5.89 Å². The highest BCUT2D eigenvalue weighted by molar-refractivity contribution is 6.00. The summed E-state index contributed by atoms with van der Waals surface area (Å²) in [5.41, 5.74) is 1.75. The summed E-state index contributed by atoms with van der Waals surface area (Å²) in [6, 6.07) is 7.84. The van der Waals surface area contributed by atoms with Gasteiger partial charge in [0, 0.05) is 31.9 Å². The summed E-state index contributed by atoms with van der Waals surface area (Å²) in [4.78, 5) is 21.5. The smallest absolute Gasteiger partial charge is 0.255 e. The van der Waals surface area contributed by atoms with Crippen LogP contribution >= 0.6 is 0 Å². The summed E-state index contributed by atoms with van der Waals surface area (Å²) >= 11 is 0. The third-order valence-electron chi connectivity index (χ3n) is 4.85. The van der Waals surface area contributed by atoms with Crippen molar-refractivity contribution in [3.63, 3.8) is 0 Å². The molecule has 25 heavy (non-hydrogen) atoms. The minimum Gasteiger partial charge on any atom is -0.378 e. The lowest BCUT2D eigenvalue weighted by Gasteiger charge is -2.31. The topological polar surface area (TPSA) is 71.7 Å². The Morgan fingerprint density at radius 1 is 1.20 bits per heavy atom. The Labute approximate surface area is 146 Å². The van der Waals surface area contributed by atoms with Gasteiger partial charge in [-0.05, 0) is 25.5 Å². The van der Waals surface area contributed by atoms with Gasteiger partial charge < -0.3 is 19.1 Å². The molecule has 2 aromatic rings. The number of aryl methyl sites for hydroxylation is 1. The van der Waals surface area contributed by atoms with Crippen LogP contribution in [0.25, 0.3) is 0 Å². The second-order valence-electron chi connectivity index (χ2n) is 6.53. The molecule has 7 heteroatoms. The molecule has 0 unspecified atom stereocenters. The number of carbonyl (C=O) groups excluding carboxylic acids is 1. The normalized spacial score (nSPS) is 20.9. The fourth-order valence-corrected chi connectivity index (χ4v) is 3.53. The quantitative estimate of drug-likeness (QED) is 0.848. The number of likely N-dealkylation sites (tertiary alicyclic amines) is 1. The number of anilines is 1. The first kappa shape index (κ1) is 16.1. The average Bonchev–Trinajstić information content (AvgIpc) is 3.31. The van der Waals surface area contributed by atoms with Crippen molar-refractivity contribution in [2.75, 3.05) is 44.3 Å². The molecule has 0 radical (unpaired) electrons. The molecule has 2 fully saturated rings. The van der Waals surface area contributed by atoms with E-state index in [2.05, 4.69) is 15.0 Å². The highest BCUT2D eigenvalue weighted by atomic mass is 16.5. The Hall–Kier alpha value is -2.41. The van der Waals surface area contributed by atoms with Crippen LogP contribution in [0, 0.1) is 6.92 Å².